The quantitative estimate of drug-likeness (QED) is 0.857. The van der Waals surface area contributed by atoms with Gasteiger partial charge in [0.2, 0.25) is 5.95 Å². The molecule has 0 saturated heterocycles. The van der Waals surface area contributed by atoms with E-state index in [1.165, 1.54) is 0 Å². The topological polar surface area (TPSA) is 56.3 Å². The second-order valence-electron chi connectivity index (χ2n) is 4.84. The van der Waals surface area contributed by atoms with Crippen LogP contribution in [-0.2, 0) is 0 Å². The summed E-state index contributed by atoms with van der Waals surface area (Å²) in [7, 11) is 3.17. The molecule has 1 aromatic carbocycles. The molecule has 2 aromatic rings. The molecule has 1 aromatic heterocycles. The van der Waals surface area contributed by atoms with Crippen LogP contribution in [0.2, 0.25) is 5.15 Å². The molecule has 108 valence electrons. The number of halogens is 1. The highest BCUT2D eigenvalue weighted by Crippen LogP contribution is 2.34. The molecule has 6 heteroatoms. The number of nitrogens with one attached hydrogen (secondary N) is 1. The third-order valence-corrected chi connectivity index (χ3v) is 3.11. The van der Waals surface area contributed by atoms with E-state index in [4.69, 9.17) is 21.1 Å². The maximum absolute atomic E-state index is 6.21. The standard InChI is InChI=1S/C14H18ClN3O2/c1-8(2)7-16-14-17-10-6-12(20-4)11(19-3)5-9(10)13(15)18-14/h5-6,8H,7H2,1-4H3,(H,16,17,18). The summed E-state index contributed by atoms with van der Waals surface area (Å²) in [4.78, 5) is 8.70. The van der Waals surface area contributed by atoms with Crippen LogP contribution in [-0.4, -0.2) is 30.7 Å². The smallest absolute Gasteiger partial charge is 0.224 e. The predicted octanol–water partition coefficient (Wildman–Crippen LogP) is 3.37. The van der Waals surface area contributed by atoms with Gasteiger partial charge in [0.15, 0.2) is 11.5 Å². The number of hydrogen-bond acceptors (Lipinski definition) is 5. The minimum Gasteiger partial charge on any atom is -0.493 e. The monoisotopic (exact) mass is 295 g/mol. The van der Waals surface area contributed by atoms with E-state index in [0.717, 1.165) is 11.9 Å². The van der Waals surface area contributed by atoms with E-state index in [0.29, 0.717) is 34.0 Å². The van der Waals surface area contributed by atoms with Gasteiger partial charge in [-0.25, -0.2) is 9.97 Å². The Morgan fingerprint density at radius 3 is 2.40 bits per heavy atom. The van der Waals surface area contributed by atoms with Gasteiger partial charge in [0, 0.05) is 18.0 Å². The number of ether oxygens (including phenoxy) is 2. The van der Waals surface area contributed by atoms with E-state index in [1.807, 2.05) is 0 Å². The Labute approximate surface area is 123 Å². The zero-order valence-corrected chi connectivity index (χ0v) is 12.8. The molecule has 0 atom stereocenters. The van der Waals surface area contributed by atoms with Crippen LogP contribution in [0.25, 0.3) is 10.9 Å². The van der Waals surface area contributed by atoms with Crippen molar-refractivity contribution < 1.29 is 9.47 Å². The fraction of sp³-hybridized carbons (Fsp3) is 0.429. The second-order valence-corrected chi connectivity index (χ2v) is 5.20. The zero-order valence-electron chi connectivity index (χ0n) is 12.0. The van der Waals surface area contributed by atoms with Crippen LogP contribution in [0, 0.1) is 5.92 Å². The largest absolute Gasteiger partial charge is 0.493 e. The Hall–Kier alpha value is -1.75. The first-order chi connectivity index (χ1) is 9.55. The van der Waals surface area contributed by atoms with E-state index in [1.54, 1.807) is 26.4 Å². The summed E-state index contributed by atoms with van der Waals surface area (Å²) in [6.07, 6.45) is 0. The average Bonchev–Trinajstić information content (AvgIpc) is 2.43. The van der Waals surface area contributed by atoms with Gasteiger partial charge in [-0.05, 0) is 12.0 Å². The second kappa shape index (κ2) is 6.13. The lowest BCUT2D eigenvalue weighted by Gasteiger charge is -2.11. The van der Waals surface area contributed by atoms with Gasteiger partial charge in [-0.15, -0.1) is 0 Å². The fourth-order valence-electron chi connectivity index (χ4n) is 1.79. The van der Waals surface area contributed by atoms with Crippen LogP contribution in [0.15, 0.2) is 12.1 Å². The number of aromatic nitrogens is 2. The van der Waals surface area contributed by atoms with Crippen LogP contribution in [0.4, 0.5) is 5.95 Å². The van der Waals surface area contributed by atoms with Crippen LogP contribution in [0.5, 0.6) is 11.5 Å². The normalized spacial score (nSPS) is 10.9. The minimum atomic E-state index is 0.391. The Morgan fingerprint density at radius 2 is 1.80 bits per heavy atom. The maximum Gasteiger partial charge on any atom is 0.224 e. The molecule has 0 fully saturated rings. The Kier molecular flexibility index (Phi) is 4.49. The molecule has 20 heavy (non-hydrogen) atoms. The number of rotatable bonds is 5. The molecule has 0 aliphatic carbocycles. The summed E-state index contributed by atoms with van der Waals surface area (Å²) in [6, 6.07) is 3.57. The summed E-state index contributed by atoms with van der Waals surface area (Å²) >= 11 is 6.21. The van der Waals surface area contributed by atoms with Crippen molar-refractivity contribution in [2.45, 2.75) is 13.8 Å². The number of methoxy groups -OCH3 is 2. The van der Waals surface area contributed by atoms with E-state index in [-0.39, 0.29) is 0 Å². The lowest BCUT2D eigenvalue weighted by atomic mass is 10.2. The molecule has 0 amide bonds. The van der Waals surface area contributed by atoms with Gasteiger partial charge >= 0.3 is 0 Å². The number of anilines is 1. The van der Waals surface area contributed by atoms with E-state index in [2.05, 4.69) is 29.1 Å². The summed E-state index contributed by atoms with van der Waals surface area (Å²) in [6.45, 7) is 5.02. The first kappa shape index (κ1) is 14.7. The van der Waals surface area contributed by atoms with Crippen molar-refractivity contribution in [2.75, 3.05) is 26.1 Å². The van der Waals surface area contributed by atoms with Crippen LogP contribution in [0.1, 0.15) is 13.8 Å². The van der Waals surface area contributed by atoms with Gasteiger partial charge in [-0.2, -0.15) is 0 Å². The Morgan fingerprint density at radius 1 is 1.15 bits per heavy atom. The van der Waals surface area contributed by atoms with Crippen LogP contribution >= 0.6 is 11.6 Å². The minimum absolute atomic E-state index is 0.391. The molecule has 0 saturated carbocycles. The predicted molar refractivity (Wildman–Crippen MR) is 81.0 cm³/mol. The van der Waals surface area contributed by atoms with Gasteiger partial charge in [-0.1, -0.05) is 25.4 Å². The highest BCUT2D eigenvalue weighted by atomic mass is 35.5. The Balaban J connectivity index is 2.47. The Bertz CT molecular complexity index is 617. The van der Waals surface area contributed by atoms with Crippen LogP contribution < -0.4 is 14.8 Å². The average molecular weight is 296 g/mol. The molecular weight excluding hydrogens is 278 g/mol. The lowest BCUT2D eigenvalue weighted by molar-refractivity contribution is 0.356. The summed E-state index contributed by atoms with van der Waals surface area (Å²) in [5.41, 5.74) is 0.717. The third kappa shape index (κ3) is 3.04. The summed E-state index contributed by atoms with van der Waals surface area (Å²) < 4.78 is 10.5. The molecule has 0 aliphatic rings. The lowest BCUT2D eigenvalue weighted by Crippen LogP contribution is -2.10. The highest BCUT2D eigenvalue weighted by Gasteiger charge is 2.12. The maximum atomic E-state index is 6.21. The molecule has 0 spiro atoms. The summed E-state index contributed by atoms with van der Waals surface area (Å²) in [5.74, 6) is 2.24. The first-order valence-electron chi connectivity index (χ1n) is 6.38. The summed E-state index contributed by atoms with van der Waals surface area (Å²) in [5, 5.41) is 4.29. The van der Waals surface area contributed by atoms with Gasteiger partial charge in [0.05, 0.1) is 19.7 Å². The SMILES string of the molecule is COc1cc2nc(NCC(C)C)nc(Cl)c2cc1OC. The molecular formula is C14H18ClN3O2. The van der Waals surface area contributed by atoms with Crippen molar-refractivity contribution in [2.24, 2.45) is 5.92 Å². The van der Waals surface area contributed by atoms with Crippen molar-refractivity contribution in [1.29, 1.82) is 0 Å². The third-order valence-electron chi connectivity index (χ3n) is 2.82. The van der Waals surface area contributed by atoms with Crippen LogP contribution in [0.3, 0.4) is 0 Å². The molecule has 1 N–H and O–H groups in total. The van der Waals surface area contributed by atoms with Crippen molar-refractivity contribution in [3.8, 4) is 11.5 Å². The number of hydrogen-bond donors (Lipinski definition) is 1. The van der Waals surface area contributed by atoms with Gasteiger partial charge in [-0.3, -0.25) is 0 Å². The van der Waals surface area contributed by atoms with Gasteiger partial charge < -0.3 is 14.8 Å². The van der Waals surface area contributed by atoms with E-state index >= 15 is 0 Å². The number of benzene rings is 1. The molecule has 0 bridgehead atoms. The number of fused-ring (bicyclic) bond motifs is 1. The van der Waals surface area contributed by atoms with Gasteiger partial charge in [0.1, 0.15) is 5.15 Å². The highest BCUT2D eigenvalue weighted by molar-refractivity contribution is 6.34. The molecule has 0 aliphatic heterocycles. The van der Waals surface area contributed by atoms with E-state index in [9.17, 15) is 0 Å². The van der Waals surface area contributed by atoms with E-state index < -0.39 is 0 Å². The van der Waals surface area contributed by atoms with Crippen molar-refractivity contribution in [1.82, 2.24) is 9.97 Å². The number of nitrogens with zero attached hydrogens (tertiary/aromatic N) is 2. The zero-order chi connectivity index (χ0) is 14.7. The molecule has 2 rings (SSSR count). The van der Waals surface area contributed by atoms with Crippen molar-refractivity contribution >= 4 is 28.5 Å². The molecule has 1 heterocycles. The first-order valence-corrected chi connectivity index (χ1v) is 6.76. The van der Waals surface area contributed by atoms with Crippen molar-refractivity contribution in [3.05, 3.63) is 17.3 Å². The molecule has 5 nitrogen and oxygen atoms in total. The van der Waals surface area contributed by atoms with Gasteiger partial charge in [0.25, 0.3) is 0 Å². The molecule has 0 unspecified atom stereocenters. The van der Waals surface area contributed by atoms with Crippen molar-refractivity contribution in [3.63, 3.8) is 0 Å². The molecule has 0 radical (unpaired) electrons. The fourth-order valence-corrected chi connectivity index (χ4v) is 2.02.